The Morgan fingerprint density at radius 1 is 1.06 bits per heavy atom. The largest absolute Gasteiger partial charge is 0.480 e. The molecule has 2 N–H and O–H groups in total. The summed E-state index contributed by atoms with van der Waals surface area (Å²) in [5, 5.41) is 12.3. The lowest BCUT2D eigenvalue weighted by Crippen LogP contribution is -2.59. The van der Waals surface area contributed by atoms with Crippen LogP contribution in [0.4, 0.5) is 4.79 Å². The second-order valence-corrected chi connectivity index (χ2v) is 9.80. The van der Waals surface area contributed by atoms with Crippen LogP contribution in [0.2, 0.25) is 0 Å². The standard InChI is InChI=1S/C27H32N2O6/c1-26(2,24(31)32)29(3)23(30)27(12-14-34-15-13-27)17-28-25(33)35-16-22-20-10-6-4-8-18(20)19-9-5-7-11-21(19)22/h4-11,22H,12-17H2,1-3H3,(H,28,33)(H,31,32). The van der Waals surface area contributed by atoms with Gasteiger partial charge in [0.15, 0.2) is 0 Å². The van der Waals surface area contributed by atoms with E-state index in [0.29, 0.717) is 26.1 Å². The molecule has 0 bridgehead atoms. The van der Waals surface area contributed by atoms with Crippen LogP contribution in [0.5, 0.6) is 0 Å². The molecule has 0 saturated carbocycles. The van der Waals surface area contributed by atoms with Crippen LogP contribution in [-0.4, -0.2) is 66.9 Å². The van der Waals surface area contributed by atoms with E-state index in [1.807, 2.05) is 24.3 Å². The Morgan fingerprint density at radius 2 is 1.60 bits per heavy atom. The number of nitrogens with zero attached hydrogens (tertiary/aromatic N) is 1. The van der Waals surface area contributed by atoms with Gasteiger partial charge >= 0.3 is 12.1 Å². The Bertz CT molecular complexity index is 1080. The summed E-state index contributed by atoms with van der Waals surface area (Å²) in [4.78, 5) is 39.1. The van der Waals surface area contributed by atoms with Crippen LogP contribution in [-0.2, 0) is 19.1 Å². The number of fused-ring (bicyclic) bond motifs is 3. The average molecular weight is 481 g/mol. The van der Waals surface area contributed by atoms with Gasteiger partial charge in [-0.25, -0.2) is 9.59 Å². The molecule has 0 atom stereocenters. The highest BCUT2D eigenvalue weighted by molar-refractivity contribution is 5.90. The molecular formula is C27H32N2O6. The molecular weight excluding hydrogens is 448 g/mol. The summed E-state index contributed by atoms with van der Waals surface area (Å²) in [5.74, 6) is -1.48. The second kappa shape index (κ2) is 9.70. The zero-order valence-electron chi connectivity index (χ0n) is 20.4. The van der Waals surface area contributed by atoms with Crippen LogP contribution in [0.3, 0.4) is 0 Å². The van der Waals surface area contributed by atoms with Crippen molar-refractivity contribution in [2.75, 3.05) is 33.4 Å². The van der Waals surface area contributed by atoms with Gasteiger partial charge in [-0.1, -0.05) is 48.5 Å². The molecule has 0 radical (unpaired) electrons. The van der Waals surface area contributed by atoms with Gasteiger partial charge in [-0.3, -0.25) is 4.79 Å². The van der Waals surface area contributed by atoms with Crippen molar-refractivity contribution in [2.45, 2.75) is 38.1 Å². The Hall–Kier alpha value is -3.39. The number of benzene rings is 2. The minimum absolute atomic E-state index is 0.0475. The summed E-state index contributed by atoms with van der Waals surface area (Å²) in [6.45, 7) is 3.92. The van der Waals surface area contributed by atoms with E-state index in [1.54, 1.807) is 0 Å². The summed E-state index contributed by atoms with van der Waals surface area (Å²) >= 11 is 0. The molecule has 1 aliphatic carbocycles. The summed E-state index contributed by atoms with van der Waals surface area (Å²) in [6.07, 6.45) is 0.163. The van der Waals surface area contributed by atoms with Crippen molar-refractivity contribution in [1.29, 1.82) is 0 Å². The van der Waals surface area contributed by atoms with E-state index in [2.05, 4.69) is 29.6 Å². The fourth-order valence-electron chi connectivity index (χ4n) is 4.87. The zero-order valence-corrected chi connectivity index (χ0v) is 20.4. The van der Waals surface area contributed by atoms with Crippen molar-refractivity contribution < 1.29 is 29.0 Å². The molecule has 0 aromatic heterocycles. The van der Waals surface area contributed by atoms with Gasteiger partial charge in [-0.2, -0.15) is 0 Å². The average Bonchev–Trinajstić information content (AvgIpc) is 3.19. The number of hydrogen-bond acceptors (Lipinski definition) is 5. The third kappa shape index (κ3) is 4.62. The number of ether oxygens (including phenoxy) is 2. The van der Waals surface area contributed by atoms with Crippen LogP contribution in [0.15, 0.2) is 48.5 Å². The van der Waals surface area contributed by atoms with E-state index in [-0.39, 0.29) is 25.0 Å². The molecule has 1 saturated heterocycles. The van der Waals surface area contributed by atoms with Crippen molar-refractivity contribution >= 4 is 18.0 Å². The van der Waals surface area contributed by atoms with E-state index in [1.165, 1.54) is 25.8 Å². The number of amides is 2. The van der Waals surface area contributed by atoms with Crippen molar-refractivity contribution in [3.05, 3.63) is 59.7 Å². The molecule has 2 aliphatic rings. The van der Waals surface area contributed by atoms with Gasteiger partial charge in [-0.15, -0.1) is 0 Å². The normalized spacial score (nSPS) is 16.7. The number of alkyl carbamates (subject to hydrolysis) is 1. The number of carbonyl (C=O) groups is 3. The van der Waals surface area contributed by atoms with Crippen LogP contribution in [0, 0.1) is 5.41 Å². The van der Waals surface area contributed by atoms with Crippen molar-refractivity contribution in [2.24, 2.45) is 5.41 Å². The molecule has 1 heterocycles. The number of aliphatic carboxylic acids is 1. The quantitative estimate of drug-likeness (QED) is 0.627. The van der Waals surface area contributed by atoms with Crippen LogP contribution < -0.4 is 5.32 Å². The first-order valence-electron chi connectivity index (χ1n) is 11.9. The molecule has 8 heteroatoms. The number of carboxylic acid groups (broad SMARTS) is 1. The third-order valence-electron chi connectivity index (χ3n) is 7.48. The molecule has 2 aromatic rings. The molecule has 2 amide bonds. The van der Waals surface area contributed by atoms with Crippen molar-refractivity contribution in [3.63, 3.8) is 0 Å². The van der Waals surface area contributed by atoms with Crippen LogP contribution in [0.1, 0.15) is 43.7 Å². The number of carbonyl (C=O) groups excluding carboxylic acids is 2. The lowest BCUT2D eigenvalue weighted by atomic mass is 9.77. The minimum Gasteiger partial charge on any atom is -0.480 e. The molecule has 0 spiro atoms. The SMILES string of the molecule is CN(C(=O)C1(CNC(=O)OCC2c3ccccc3-c3ccccc32)CCOCC1)C(C)(C)C(=O)O. The maximum Gasteiger partial charge on any atom is 0.407 e. The molecule has 8 nitrogen and oxygen atoms in total. The van der Waals surface area contributed by atoms with E-state index in [9.17, 15) is 19.5 Å². The van der Waals surface area contributed by atoms with Crippen LogP contribution in [0.25, 0.3) is 11.1 Å². The highest BCUT2D eigenvalue weighted by atomic mass is 16.5. The van der Waals surface area contributed by atoms with E-state index in [4.69, 9.17) is 9.47 Å². The monoisotopic (exact) mass is 480 g/mol. The maximum absolute atomic E-state index is 13.4. The number of carboxylic acids is 1. The Balaban J connectivity index is 1.43. The van der Waals surface area contributed by atoms with Gasteiger partial charge in [0, 0.05) is 32.7 Å². The first-order chi connectivity index (χ1) is 16.7. The molecule has 1 fully saturated rings. The van der Waals surface area contributed by atoms with Gasteiger partial charge in [0.25, 0.3) is 0 Å². The van der Waals surface area contributed by atoms with Gasteiger partial charge in [0.2, 0.25) is 5.91 Å². The lowest BCUT2D eigenvalue weighted by molar-refractivity contribution is -0.162. The number of rotatable bonds is 7. The topological polar surface area (TPSA) is 105 Å². The Labute approximate surface area is 205 Å². The molecule has 1 aliphatic heterocycles. The van der Waals surface area contributed by atoms with Gasteiger partial charge < -0.3 is 24.8 Å². The van der Waals surface area contributed by atoms with Crippen molar-refractivity contribution in [3.8, 4) is 11.1 Å². The number of likely N-dealkylation sites (N-methyl/N-ethyl adjacent to an activating group) is 1. The first-order valence-corrected chi connectivity index (χ1v) is 11.9. The zero-order chi connectivity index (χ0) is 25.2. The van der Waals surface area contributed by atoms with E-state index in [0.717, 1.165) is 22.3 Å². The Kier molecular flexibility index (Phi) is 6.85. The highest BCUT2D eigenvalue weighted by Crippen LogP contribution is 2.44. The number of nitrogens with one attached hydrogen (secondary N) is 1. The first kappa shape index (κ1) is 24.7. The fourth-order valence-corrected chi connectivity index (χ4v) is 4.87. The molecule has 35 heavy (non-hydrogen) atoms. The van der Waals surface area contributed by atoms with Crippen LogP contribution >= 0.6 is 0 Å². The fraction of sp³-hybridized carbons (Fsp3) is 0.444. The third-order valence-corrected chi connectivity index (χ3v) is 7.48. The molecule has 2 aromatic carbocycles. The lowest BCUT2D eigenvalue weighted by Gasteiger charge is -2.42. The van der Waals surface area contributed by atoms with Gasteiger partial charge in [0.05, 0.1) is 5.41 Å². The number of hydrogen-bond donors (Lipinski definition) is 2. The summed E-state index contributed by atoms with van der Waals surface area (Å²) in [5.41, 5.74) is 2.20. The Morgan fingerprint density at radius 3 is 2.14 bits per heavy atom. The predicted octanol–water partition coefficient (Wildman–Crippen LogP) is 3.64. The minimum atomic E-state index is -1.38. The van der Waals surface area contributed by atoms with Gasteiger partial charge in [0.1, 0.15) is 12.1 Å². The van der Waals surface area contributed by atoms with E-state index < -0.39 is 23.0 Å². The smallest absolute Gasteiger partial charge is 0.407 e. The van der Waals surface area contributed by atoms with Gasteiger partial charge in [-0.05, 0) is 48.9 Å². The molecule has 4 rings (SSSR count). The summed E-state index contributed by atoms with van der Waals surface area (Å²) in [7, 11) is 1.49. The maximum atomic E-state index is 13.4. The van der Waals surface area contributed by atoms with E-state index >= 15 is 0 Å². The highest BCUT2D eigenvalue weighted by Gasteiger charge is 2.47. The summed E-state index contributed by atoms with van der Waals surface area (Å²) < 4.78 is 11.1. The second-order valence-electron chi connectivity index (χ2n) is 9.80. The molecule has 0 unspecified atom stereocenters. The predicted molar refractivity (Wildman–Crippen MR) is 130 cm³/mol. The molecule has 186 valence electrons. The van der Waals surface area contributed by atoms with Crippen molar-refractivity contribution in [1.82, 2.24) is 10.2 Å². The summed E-state index contributed by atoms with van der Waals surface area (Å²) in [6, 6.07) is 16.2.